The summed E-state index contributed by atoms with van der Waals surface area (Å²) >= 11 is 0. The SMILES string of the molecule is O=S(=O)(c1ccccc1)N(Cc1ccccc1)c1cc(O)ccc1OCc1ccccc1. The topological polar surface area (TPSA) is 66.8 Å². The number of ether oxygens (including phenoxy) is 1. The molecule has 0 amide bonds. The number of anilines is 1. The van der Waals surface area contributed by atoms with Gasteiger partial charge < -0.3 is 9.84 Å². The second-order valence-corrected chi connectivity index (χ2v) is 9.10. The molecule has 1 N–H and O–H groups in total. The van der Waals surface area contributed by atoms with E-state index in [1.807, 2.05) is 60.7 Å². The fourth-order valence-electron chi connectivity index (χ4n) is 3.33. The number of hydrogen-bond donors (Lipinski definition) is 1. The minimum atomic E-state index is -3.93. The van der Waals surface area contributed by atoms with Crippen molar-refractivity contribution in [1.82, 2.24) is 0 Å². The van der Waals surface area contributed by atoms with Crippen molar-refractivity contribution in [1.29, 1.82) is 0 Å². The highest BCUT2D eigenvalue weighted by molar-refractivity contribution is 7.92. The summed E-state index contributed by atoms with van der Waals surface area (Å²) in [5.41, 5.74) is 2.03. The van der Waals surface area contributed by atoms with Gasteiger partial charge in [0, 0.05) is 6.07 Å². The van der Waals surface area contributed by atoms with Gasteiger partial charge in [-0.05, 0) is 35.4 Å². The van der Waals surface area contributed by atoms with Gasteiger partial charge in [-0.1, -0.05) is 78.9 Å². The number of hydrogen-bond acceptors (Lipinski definition) is 4. The van der Waals surface area contributed by atoms with E-state index in [1.54, 1.807) is 36.4 Å². The lowest BCUT2D eigenvalue weighted by molar-refractivity contribution is 0.306. The Morgan fingerprint density at radius 1 is 0.719 bits per heavy atom. The van der Waals surface area contributed by atoms with Gasteiger partial charge >= 0.3 is 0 Å². The first-order chi connectivity index (χ1) is 15.5. The molecule has 0 atom stereocenters. The van der Waals surface area contributed by atoms with Crippen LogP contribution >= 0.6 is 0 Å². The molecule has 0 spiro atoms. The smallest absolute Gasteiger partial charge is 0.264 e. The fraction of sp³-hybridized carbons (Fsp3) is 0.0769. The second-order valence-electron chi connectivity index (χ2n) is 7.24. The second kappa shape index (κ2) is 9.58. The zero-order valence-electron chi connectivity index (χ0n) is 17.3. The number of sulfonamides is 1. The third kappa shape index (κ3) is 4.92. The molecule has 0 aliphatic carbocycles. The lowest BCUT2D eigenvalue weighted by atomic mass is 10.2. The first-order valence-corrected chi connectivity index (χ1v) is 11.6. The van der Waals surface area contributed by atoms with E-state index < -0.39 is 10.0 Å². The largest absolute Gasteiger partial charge is 0.508 e. The summed E-state index contributed by atoms with van der Waals surface area (Å²) in [6.07, 6.45) is 0. The van der Waals surface area contributed by atoms with Crippen molar-refractivity contribution in [3.05, 3.63) is 120 Å². The molecular weight excluding hydrogens is 422 g/mol. The Morgan fingerprint density at radius 2 is 1.28 bits per heavy atom. The van der Waals surface area contributed by atoms with Crippen LogP contribution in [0.25, 0.3) is 0 Å². The molecule has 0 bridgehead atoms. The van der Waals surface area contributed by atoms with E-state index in [2.05, 4.69) is 0 Å². The highest BCUT2D eigenvalue weighted by atomic mass is 32.2. The number of phenols is 1. The van der Waals surface area contributed by atoms with Crippen molar-refractivity contribution >= 4 is 15.7 Å². The average molecular weight is 446 g/mol. The monoisotopic (exact) mass is 445 g/mol. The summed E-state index contributed by atoms with van der Waals surface area (Å²) in [6, 6.07) is 31.7. The van der Waals surface area contributed by atoms with E-state index in [0.29, 0.717) is 5.75 Å². The van der Waals surface area contributed by atoms with Gasteiger partial charge in [0.25, 0.3) is 10.0 Å². The molecule has 0 aliphatic rings. The Bertz CT molecular complexity index is 1260. The van der Waals surface area contributed by atoms with Crippen molar-refractivity contribution in [3.63, 3.8) is 0 Å². The van der Waals surface area contributed by atoms with E-state index in [4.69, 9.17) is 4.74 Å². The van der Waals surface area contributed by atoms with Crippen molar-refractivity contribution in [2.24, 2.45) is 0 Å². The van der Waals surface area contributed by atoms with Crippen LogP contribution < -0.4 is 9.04 Å². The van der Waals surface area contributed by atoms with Gasteiger partial charge in [0.05, 0.1) is 17.1 Å². The molecule has 0 saturated carbocycles. The summed E-state index contributed by atoms with van der Waals surface area (Å²) in [5.74, 6) is 0.315. The number of aromatic hydroxyl groups is 1. The third-order valence-corrected chi connectivity index (χ3v) is 6.72. The molecular formula is C26H23NO4S. The molecule has 0 radical (unpaired) electrons. The number of rotatable bonds is 8. The lowest BCUT2D eigenvalue weighted by Gasteiger charge is -2.27. The molecule has 5 nitrogen and oxygen atoms in total. The standard InChI is InChI=1S/C26H23NO4S/c28-23-16-17-26(31-20-22-12-6-2-7-13-22)25(18-23)27(19-21-10-4-1-5-11-21)32(29,30)24-14-8-3-9-15-24/h1-18,28H,19-20H2. The molecule has 0 heterocycles. The van der Waals surface area contributed by atoms with E-state index in [9.17, 15) is 13.5 Å². The summed E-state index contributed by atoms with van der Waals surface area (Å²) < 4.78 is 34.6. The zero-order valence-corrected chi connectivity index (χ0v) is 18.2. The van der Waals surface area contributed by atoms with E-state index in [1.165, 1.54) is 16.4 Å². The van der Waals surface area contributed by atoms with E-state index in [-0.39, 0.29) is 29.5 Å². The van der Waals surface area contributed by atoms with Gasteiger partial charge in [-0.25, -0.2) is 8.42 Å². The molecule has 4 aromatic carbocycles. The maximum Gasteiger partial charge on any atom is 0.264 e. The Balaban J connectivity index is 1.77. The van der Waals surface area contributed by atoms with Gasteiger partial charge in [-0.15, -0.1) is 0 Å². The Morgan fingerprint density at radius 3 is 1.91 bits per heavy atom. The quantitative estimate of drug-likeness (QED) is 0.396. The van der Waals surface area contributed by atoms with Crippen LogP contribution in [0.2, 0.25) is 0 Å². The van der Waals surface area contributed by atoms with Crippen LogP contribution in [0, 0.1) is 0 Å². The van der Waals surface area contributed by atoms with E-state index >= 15 is 0 Å². The molecule has 6 heteroatoms. The molecule has 0 aliphatic heterocycles. The summed E-state index contributed by atoms with van der Waals surface area (Å²) in [7, 11) is -3.93. The summed E-state index contributed by atoms with van der Waals surface area (Å²) in [5, 5.41) is 10.2. The molecule has 4 aromatic rings. The maximum atomic E-state index is 13.7. The van der Waals surface area contributed by atoms with E-state index in [0.717, 1.165) is 11.1 Å². The van der Waals surface area contributed by atoms with Gasteiger partial charge in [0.15, 0.2) is 0 Å². The van der Waals surface area contributed by atoms with Crippen LogP contribution in [0.3, 0.4) is 0 Å². The van der Waals surface area contributed by atoms with Gasteiger partial charge in [-0.3, -0.25) is 4.31 Å². The Hall–Kier alpha value is -3.77. The van der Waals surface area contributed by atoms with Crippen LogP contribution in [0.15, 0.2) is 114 Å². The minimum absolute atomic E-state index is 0.0478. The lowest BCUT2D eigenvalue weighted by Crippen LogP contribution is -2.31. The molecule has 0 aromatic heterocycles. The first kappa shape index (κ1) is 21.5. The molecule has 4 rings (SSSR count). The van der Waals surface area contributed by atoms with Crippen molar-refractivity contribution in [2.45, 2.75) is 18.0 Å². The predicted octanol–water partition coefficient (Wildman–Crippen LogP) is 5.37. The fourth-order valence-corrected chi connectivity index (χ4v) is 4.80. The van der Waals surface area contributed by atoms with Crippen LogP contribution in [0.1, 0.15) is 11.1 Å². The third-order valence-electron chi connectivity index (χ3n) is 4.95. The Kier molecular flexibility index (Phi) is 6.42. The van der Waals surface area contributed by atoms with Crippen molar-refractivity contribution in [3.8, 4) is 11.5 Å². The molecule has 32 heavy (non-hydrogen) atoms. The van der Waals surface area contributed by atoms with Gasteiger partial charge in [0.2, 0.25) is 0 Å². The Labute approximate surface area is 188 Å². The van der Waals surface area contributed by atoms with Gasteiger partial charge in [-0.2, -0.15) is 0 Å². The molecule has 0 saturated heterocycles. The van der Waals surface area contributed by atoms with Gasteiger partial charge in [0.1, 0.15) is 18.1 Å². The van der Waals surface area contributed by atoms with Crippen LogP contribution in [0.4, 0.5) is 5.69 Å². The maximum absolute atomic E-state index is 13.7. The number of benzene rings is 4. The number of phenolic OH excluding ortho intramolecular Hbond substituents is 1. The van der Waals surface area contributed by atoms with Crippen LogP contribution in [0.5, 0.6) is 11.5 Å². The first-order valence-electron chi connectivity index (χ1n) is 10.2. The average Bonchev–Trinajstić information content (AvgIpc) is 2.83. The normalized spacial score (nSPS) is 11.1. The van der Waals surface area contributed by atoms with Crippen molar-refractivity contribution < 1.29 is 18.3 Å². The molecule has 0 unspecified atom stereocenters. The highest BCUT2D eigenvalue weighted by Crippen LogP contribution is 2.37. The molecule has 162 valence electrons. The van der Waals surface area contributed by atoms with Crippen LogP contribution in [-0.2, 0) is 23.2 Å². The zero-order chi connectivity index (χ0) is 22.4. The summed E-state index contributed by atoms with van der Waals surface area (Å²) in [4.78, 5) is 0.160. The summed E-state index contributed by atoms with van der Waals surface area (Å²) in [6.45, 7) is 0.354. The number of nitrogens with zero attached hydrogens (tertiary/aromatic N) is 1. The highest BCUT2D eigenvalue weighted by Gasteiger charge is 2.28. The van der Waals surface area contributed by atoms with Crippen molar-refractivity contribution in [2.75, 3.05) is 4.31 Å². The van der Waals surface area contributed by atoms with Crippen LogP contribution in [-0.4, -0.2) is 13.5 Å². The minimum Gasteiger partial charge on any atom is -0.508 e. The predicted molar refractivity (Wildman–Crippen MR) is 125 cm³/mol. The molecule has 0 fully saturated rings.